The van der Waals surface area contributed by atoms with E-state index in [2.05, 4.69) is 20.4 Å². The van der Waals surface area contributed by atoms with Crippen molar-refractivity contribution in [2.45, 2.75) is 38.7 Å². The van der Waals surface area contributed by atoms with Crippen molar-refractivity contribution >= 4 is 11.7 Å². The summed E-state index contributed by atoms with van der Waals surface area (Å²) in [5, 5.41) is 18.1. The van der Waals surface area contributed by atoms with Crippen LogP contribution in [0.2, 0.25) is 0 Å². The van der Waals surface area contributed by atoms with Crippen molar-refractivity contribution in [2.75, 3.05) is 24.5 Å². The molecule has 2 aromatic rings. The Kier molecular flexibility index (Phi) is 5.22. The van der Waals surface area contributed by atoms with Crippen molar-refractivity contribution in [3.8, 4) is 0 Å². The number of amides is 1. The number of nitrogens with one attached hydrogen (secondary N) is 1. The van der Waals surface area contributed by atoms with Crippen LogP contribution < -0.4 is 10.2 Å². The Balaban J connectivity index is 1.58. The van der Waals surface area contributed by atoms with Crippen molar-refractivity contribution in [3.63, 3.8) is 0 Å². The molecule has 140 valence electrons. The number of aliphatic hydroxyl groups is 1. The highest BCUT2D eigenvalue weighted by Crippen LogP contribution is 2.24. The van der Waals surface area contributed by atoms with E-state index < -0.39 is 5.60 Å². The van der Waals surface area contributed by atoms with Crippen molar-refractivity contribution < 1.29 is 9.90 Å². The molecule has 1 aliphatic rings. The van der Waals surface area contributed by atoms with Gasteiger partial charge in [0.25, 0.3) is 0 Å². The maximum absolute atomic E-state index is 12.4. The van der Waals surface area contributed by atoms with E-state index in [0.717, 1.165) is 35.7 Å². The van der Waals surface area contributed by atoms with Gasteiger partial charge in [0.1, 0.15) is 5.82 Å². The molecule has 1 saturated heterocycles. The molecule has 8 nitrogen and oxygen atoms in total. The zero-order chi connectivity index (χ0) is 18.7. The minimum absolute atomic E-state index is 0.103. The maximum atomic E-state index is 12.4. The monoisotopic (exact) mass is 358 g/mol. The number of hydrogen-bond donors (Lipinski definition) is 2. The molecule has 2 aromatic heterocycles. The van der Waals surface area contributed by atoms with Crippen molar-refractivity contribution in [1.82, 2.24) is 25.1 Å². The Hall–Kier alpha value is -2.48. The van der Waals surface area contributed by atoms with E-state index in [1.165, 1.54) is 0 Å². The first kappa shape index (κ1) is 18.3. The van der Waals surface area contributed by atoms with Gasteiger partial charge in [-0.1, -0.05) is 0 Å². The summed E-state index contributed by atoms with van der Waals surface area (Å²) in [6, 6.07) is 0. The van der Waals surface area contributed by atoms with Gasteiger partial charge in [-0.15, -0.1) is 0 Å². The van der Waals surface area contributed by atoms with Crippen LogP contribution in [0.3, 0.4) is 0 Å². The van der Waals surface area contributed by atoms with Gasteiger partial charge in [-0.2, -0.15) is 5.10 Å². The standard InChI is InChI=1S/C18H26N6O2/c1-13-15(14(2)23(3)22-13)9-17(25)21-11-18(26)5-4-8-24(12-18)16-10-19-6-7-20-16/h6-7,10,26H,4-5,8-9,11-12H2,1-3H3,(H,21,25)/t18-/m0/s1. The zero-order valence-electron chi connectivity index (χ0n) is 15.6. The van der Waals surface area contributed by atoms with Gasteiger partial charge in [-0.25, -0.2) is 4.98 Å². The summed E-state index contributed by atoms with van der Waals surface area (Å²) in [5.74, 6) is 0.646. The Morgan fingerprint density at radius 3 is 2.85 bits per heavy atom. The number of piperidine rings is 1. The largest absolute Gasteiger partial charge is 0.386 e. The third-order valence-corrected chi connectivity index (χ3v) is 5.04. The van der Waals surface area contributed by atoms with Crippen molar-refractivity contribution in [2.24, 2.45) is 7.05 Å². The molecule has 1 aliphatic heterocycles. The number of aromatic nitrogens is 4. The smallest absolute Gasteiger partial charge is 0.224 e. The molecule has 8 heteroatoms. The molecule has 0 bridgehead atoms. The molecule has 1 fully saturated rings. The maximum Gasteiger partial charge on any atom is 0.224 e. The molecule has 0 aromatic carbocycles. The van der Waals surface area contributed by atoms with Gasteiger partial charge in [-0.3, -0.25) is 14.5 Å². The van der Waals surface area contributed by atoms with Gasteiger partial charge in [0.15, 0.2) is 0 Å². The third kappa shape index (κ3) is 4.01. The van der Waals surface area contributed by atoms with Crippen LogP contribution in [0.5, 0.6) is 0 Å². The lowest BCUT2D eigenvalue weighted by atomic mass is 9.92. The Morgan fingerprint density at radius 2 is 2.19 bits per heavy atom. The third-order valence-electron chi connectivity index (χ3n) is 5.04. The van der Waals surface area contributed by atoms with E-state index in [-0.39, 0.29) is 18.9 Å². The van der Waals surface area contributed by atoms with Gasteiger partial charge in [0, 0.05) is 50.3 Å². The average Bonchev–Trinajstić information content (AvgIpc) is 2.87. The Bertz CT molecular complexity index is 775. The van der Waals surface area contributed by atoms with Gasteiger partial charge in [-0.05, 0) is 26.7 Å². The summed E-state index contributed by atoms with van der Waals surface area (Å²) in [6.45, 7) is 5.33. The molecule has 0 aliphatic carbocycles. The predicted octanol–water partition coefficient (Wildman–Crippen LogP) is 0.517. The van der Waals surface area contributed by atoms with Crippen LogP contribution in [0.15, 0.2) is 18.6 Å². The summed E-state index contributed by atoms with van der Waals surface area (Å²) in [5.41, 5.74) is 1.83. The fourth-order valence-corrected chi connectivity index (χ4v) is 3.47. The quantitative estimate of drug-likeness (QED) is 0.809. The number of aryl methyl sites for hydroxylation is 2. The Morgan fingerprint density at radius 1 is 1.38 bits per heavy atom. The lowest BCUT2D eigenvalue weighted by Gasteiger charge is -2.39. The molecule has 0 spiro atoms. The molecule has 3 rings (SSSR count). The molecular formula is C18H26N6O2. The second-order valence-electron chi connectivity index (χ2n) is 7.04. The summed E-state index contributed by atoms with van der Waals surface area (Å²) in [6.07, 6.45) is 6.72. The van der Waals surface area contributed by atoms with E-state index in [1.54, 1.807) is 23.3 Å². The van der Waals surface area contributed by atoms with E-state index in [4.69, 9.17) is 0 Å². The molecule has 3 heterocycles. The lowest BCUT2D eigenvalue weighted by molar-refractivity contribution is -0.121. The highest BCUT2D eigenvalue weighted by atomic mass is 16.3. The number of carbonyl (C=O) groups is 1. The number of rotatable bonds is 5. The number of β-amino-alcohol motifs (C(OH)–C–C–N with tert-alkyl or cyclic N) is 1. The first-order chi connectivity index (χ1) is 12.4. The molecule has 0 radical (unpaired) electrons. The Labute approximate surface area is 153 Å². The second kappa shape index (κ2) is 7.41. The molecule has 1 amide bonds. The summed E-state index contributed by atoms with van der Waals surface area (Å²) < 4.78 is 1.78. The zero-order valence-corrected chi connectivity index (χ0v) is 15.6. The fraction of sp³-hybridized carbons (Fsp3) is 0.556. The van der Waals surface area contributed by atoms with Crippen LogP contribution in [0, 0.1) is 13.8 Å². The van der Waals surface area contributed by atoms with Gasteiger partial charge in [0.2, 0.25) is 5.91 Å². The predicted molar refractivity (Wildman–Crippen MR) is 97.8 cm³/mol. The molecule has 0 unspecified atom stereocenters. The number of carbonyl (C=O) groups excluding carboxylic acids is 1. The van der Waals surface area contributed by atoms with Crippen LogP contribution in [0.25, 0.3) is 0 Å². The highest BCUT2D eigenvalue weighted by molar-refractivity contribution is 5.79. The normalized spacial score (nSPS) is 20.2. The first-order valence-electron chi connectivity index (χ1n) is 8.87. The number of hydrogen-bond acceptors (Lipinski definition) is 6. The minimum atomic E-state index is -0.968. The van der Waals surface area contributed by atoms with E-state index in [1.807, 2.05) is 25.8 Å². The first-order valence-corrected chi connectivity index (χ1v) is 8.87. The number of nitrogens with zero attached hydrogens (tertiary/aromatic N) is 5. The van der Waals surface area contributed by atoms with Crippen molar-refractivity contribution in [1.29, 1.82) is 0 Å². The topological polar surface area (TPSA) is 96.2 Å². The summed E-state index contributed by atoms with van der Waals surface area (Å²) in [4.78, 5) is 22.8. The van der Waals surface area contributed by atoms with Gasteiger partial charge >= 0.3 is 0 Å². The molecule has 26 heavy (non-hydrogen) atoms. The number of anilines is 1. The van der Waals surface area contributed by atoms with E-state index in [0.29, 0.717) is 13.0 Å². The van der Waals surface area contributed by atoms with Crippen LogP contribution in [-0.2, 0) is 18.3 Å². The molecular weight excluding hydrogens is 332 g/mol. The van der Waals surface area contributed by atoms with Crippen LogP contribution in [0.1, 0.15) is 29.8 Å². The summed E-state index contributed by atoms with van der Waals surface area (Å²) >= 11 is 0. The van der Waals surface area contributed by atoms with Crippen LogP contribution in [0.4, 0.5) is 5.82 Å². The lowest BCUT2D eigenvalue weighted by Crippen LogP contribution is -2.54. The highest BCUT2D eigenvalue weighted by Gasteiger charge is 2.34. The molecule has 0 saturated carbocycles. The second-order valence-corrected chi connectivity index (χ2v) is 7.04. The average molecular weight is 358 g/mol. The fourth-order valence-electron chi connectivity index (χ4n) is 3.47. The minimum Gasteiger partial charge on any atom is -0.386 e. The molecule has 2 N–H and O–H groups in total. The van der Waals surface area contributed by atoms with Crippen LogP contribution in [-0.4, -0.2) is 56.0 Å². The summed E-state index contributed by atoms with van der Waals surface area (Å²) in [7, 11) is 1.87. The van der Waals surface area contributed by atoms with Gasteiger partial charge in [0.05, 0.1) is 23.9 Å². The van der Waals surface area contributed by atoms with E-state index >= 15 is 0 Å². The van der Waals surface area contributed by atoms with Gasteiger partial charge < -0.3 is 15.3 Å². The molecule has 1 atom stereocenters. The van der Waals surface area contributed by atoms with E-state index in [9.17, 15) is 9.90 Å². The van der Waals surface area contributed by atoms with Crippen LogP contribution >= 0.6 is 0 Å². The SMILES string of the molecule is Cc1nn(C)c(C)c1CC(=O)NC[C@@]1(O)CCCN(c2cnccn2)C1. The van der Waals surface area contributed by atoms with Crippen molar-refractivity contribution in [3.05, 3.63) is 35.5 Å².